The first-order valence-corrected chi connectivity index (χ1v) is 7.08. The van der Waals surface area contributed by atoms with E-state index in [0.717, 1.165) is 36.2 Å². The van der Waals surface area contributed by atoms with Gasteiger partial charge in [-0.3, -0.25) is 15.0 Å². The molecule has 0 saturated carbocycles. The Morgan fingerprint density at radius 1 is 1.52 bits per heavy atom. The molecule has 0 radical (unpaired) electrons. The van der Waals surface area contributed by atoms with Crippen molar-refractivity contribution >= 4 is 5.69 Å². The maximum atomic E-state index is 5.50. The van der Waals surface area contributed by atoms with Gasteiger partial charge in [-0.25, -0.2) is 4.98 Å². The molecule has 1 aliphatic heterocycles. The quantitative estimate of drug-likeness (QED) is 0.878. The van der Waals surface area contributed by atoms with Gasteiger partial charge in [-0.05, 0) is 26.1 Å². The first-order valence-electron chi connectivity index (χ1n) is 7.08. The summed E-state index contributed by atoms with van der Waals surface area (Å²) in [5.41, 5.74) is 2.01. The molecular formula is C14H20N6O. The summed E-state index contributed by atoms with van der Waals surface area (Å²) in [6, 6.07) is 4.07. The molecule has 7 heteroatoms. The fourth-order valence-corrected chi connectivity index (χ4v) is 2.34. The molecule has 2 N–H and O–H groups in total. The summed E-state index contributed by atoms with van der Waals surface area (Å²) in [4.78, 5) is 10.9. The lowest BCUT2D eigenvalue weighted by molar-refractivity contribution is 0.00194. The van der Waals surface area contributed by atoms with Crippen LogP contribution in [0.2, 0.25) is 0 Å². The van der Waals surface area contributed by atoms with Crippen molar-refractivity contribution in [1.29, 1.82) is 0 Å². The summed E-state index contributed by atoms with van der Waals surface area (Å²) < 4.78 is 5.50. The molecular weight excluding hydrogens is 268 g/mol. The molecule has 2 aromatic rings. The SMILES string of the molecule is Cc1cc(NCc2nc(C3COCCN3C)n[nH]2)ccn1. The molecule has 112 valence electrons. The zero-order chi connectivity index (χ0) is 14.7. The van der Waals surface area contributed by atoms with Crippen molar-refractivity contribution < 1.29 is 4.74 Å². The Labute approximate surface area is 123 Å². The number of nitrogens with zero attached hydrogens (tertiary/aromatic N) is 4. The summed E-state index contributed by atoms with van der Waals surface area (Å²) in [5.74, 6) is 1.61. The highest BCUT2D eigenvalue weighted by Gasteiger charge is 2.24. The minimum atomic E-state index is 0.131. The van der Waals surface area contributed by atoms with Crippen LogP contribution in [0.4, 0.5) is 5.69 Å². The molecule has 1 saturated heterocycles. The minimum Gasteiger partial charge on any atom is -0.378 e. The number of anilines is 1. The molecule has 3 heterocycles. The summed E-state index contributed by atoms with van der Waals surface area (Å²) in [7, 11) is 2.07. The van der Waals surface area contributed by atoms with Crippen LogP contribution in [0.5, 0.6) is 0 Å². The lowest BCUT2D eigenvalue weighted by Crippen LogP contribution is -2.37. The molecule has 0 spiro atoms. The third-order valence-electron chi connectivity index (χ3n) is 3.60. The maximum absolute atomic E-state index is 5.50. The van der Waals surface area contributed by atoms with Crippen molar-refractivity contribution in [3.63, 3.8) is 0 Å². The van der Waals surface area contributed by atoms with Gasteiger partial charge in [0, 0.05) is 24.1 Å². The second kappa shape index (κ2) is 6.19. The maximum Gasteiger partial charge on any atom is 0.170 e. The number of nitrogens with one attached hydrogen (secondary N) is 2. The molecule has 0 bridgehead atoms. The summed E-state index contributed by atoms with van der Waals surface area (Å²) >= 11 is 0. The number of aryl methyl sites for hydroxylation is 1. The molecule has 21 heavy (non-hydrogen) atoms. The van der Waals surface area contributed by atoms with Crippen LogP contribution in [-0.2, 0) is 11.3 Å². The van der Waals surface area contributed by atoms with Crippen LogP contribution in [-0.4, -0.2) is 51.9 Å². The van der Waals surface area contributed by atoms with E-state index in [1.54, 1.807) is 6.20 Å². The van der Waals surface area contributed by atoms with E-state index in [1.807, 2.05) is 19.1 Å². The van der Waals surface area contributed by atoms with Crippen LogP contribution >= 0.6 is 0 Å². The lowest BCUT2D eigenvalue weighted by atomic mass is 10.2. The second-order valence-corrected chi connectivity index (χ2v) is 5.25. The van der Waals surface area contributed by atoms with Crippen LogP contribution in [0.15, 0.2) is 18.3 Å². The number of rotatable bonds is 4. The molecule has 1 unspecified atom stereocenters. The lowest BCUT2D eigenvalue weighted by Gasteiger charge is -2.30. The van der Waals surface area contributed by atoms with E-state index in [1.165, 1.54) is 0 Å². The number of pyridine rings is 1. The van der Waals surface area contributed by atoms with Crippen LogP contribution < -0.4 is 5.32 Å². The van der Waals surface area contributed by atoms with Gasteiger partial charge in [-0.15, -0.1) is 0 Å². The smallest absolute Gasteiger partial charge is 0.170 e. The molecule has 2 aromatic heterocycles. The molecule has 3 rings (SSSR count). The topological polar surface area (TPSA) is 79.0 Å². The molecule has 0 amide bonds. The third kappa shape index (κ3) is 3.37. The first kappa shape index (κ1) is 14.0. The van der Waals surface area contributed by atoms with E-state index in [-0.39, 0.29) is 6.04 Å². The van der Waals surface area contributed by atoms with Crippen LogP contribution in [0.3, 0.4) is 0 Å². The summed E-state index contributed by atoms with van der Waals surface area (Å²) in [5, 5.41) is 10.6. The second-order valence-electron chi connectivity index (χ2n) is 5.25. The Bertz CT molecular complexity index is 599. The molecule has 1 aliphatic rings. The van der Waals surface area contributed by atoms with Crippen molar-refractivity contribution in [2.45, 2.75) is 19.5 Å². The van der Waals surface area contributed by atoms with Gasteiger partial charge in [-0.1, -0.05) is 0 Å². The van der Waals surface area contributed by atoms with E-state index >= 15 is 0 Å². The first-order chi connectivity index (χ1) is 10.2. The van der Waals surface area contributed by atoms with Gasteiger partial charge in [0.05, 0.1) is 25.8 Å². The average Bonchev–Trinajstić information content (AvgIpc) is 2.94. The number of aromatic amines is 1. The van der Waals surface area contributed by atoms with Crippen LogP contribution in [0, 0.1) is 6.92 Å². The van der Waals surface area contributed by atoms with E-state index in [9.17, 15) is 0 Å². The number of ether oxygens (including phenoxy) is 1. The Morgan fingerprint density at radius 2 is 2.43 bits per heavy atom. The van der Waals surface area contributed by atoms with Crippen molar-refractivity contribution in [1.82, 2.24) is 25.1 Å². The van der Waals surface area contributed by atoms with Crippen LogP contribution in [0.1, 0.15) is 23.4 Å². The highest BCUT2D eigenvalue weighted by molar-refractivity contribution is 5.42. The molecule has 1 atom stereocenters. The third-order valence-corrected chi connectivity index (χ3v) is 3.60. The Kier molecular flexibility index (Phi) is 4.12. The van der Waals surface area contributed by atoms with E-state index in [4.69, 9.17) is 4.74 Å². The Morgan fingerprint density at radius 3 is 3.24 bits per heavy atom. The molecule has 1 fully saturated rings. The van der Waals surface area contributed by atoms with Crippen LogP contribution in [0.25, 0.3) is 0 Å². The van der Waals surface area contributed by atoms with Crippen molar-refractivity contribution in [2.75, 3.05) is 32.1 Å². The van der Waals surface area contributed by atoms with Crippen molar-refractivity contribution in [3.05, 3.63) is 35.7 Å². The van der Waals surface area contributed by atoms with E-state index in [2.05, 4.69) is 37.4 Å². The number of hydrogen-bond acceptors (Lipinski definition) is 6. The number of aromatic nitrogens is 4. The Hall–Kier alpha value is -1.99. The molecule has 0 aromatic carbocycles. The van der Waals surface area contributed by atoms with Crippen molar-refractivity contribution in [2.24, 2.45) is 0 Å². The van der Waals surface area contributed by atoms with Crippen molar-refractivity contribution in [3.8, 4) is 0 Å². The number of hydrogen-bond donors (Lipinski definition) is 2. The van der Waals surface area contributed by atoms with Gasteiger partial charge in [0.2, 0.25) is 0 Å². The highest BCUT2D eigenvalue weighted by Crippen LogP contribution is 2.19. The predicted molar refractivity (Wildman–Crippen MR) is 78.9 cm³/mol. The van der Waals surface area contributed by atoms with E-state index < -0.39 is 0 Å². The number of H-pyrrole nitrogens is 1. The number of likely N-dealkylation sites (N-methyl/N-ethyl adjacent to an activating group) is 1. The van der Waals surface area contributed by atoms with Gasteiger partial charge in [0.15, 0.2) is 5.82 Å². The largest absolute Gasteiger partial charge is 0.378 e. The van der Waals surface area contributed by atoms with Gasteiger partial charge in [-0.2, -0.15) is 5.10 Å². The summed E-state index contributed by atoms with van der Waals surface area (Å²) in [6.07, 6.45) is 1.79. The monoisotopic (exact) mass is 288 g/mol. The summed E-state index contributed by atoms with van der Waals surface area (Å²) in [6.45, 7) is 4.89. The fraction of sp³-hybridized carbons (Fsp3) is 0.500. The average molecular weight is 288 g/mol. The zero-order valence-corrected chi connectivity index (χ0v) is 12.3. The normalized spacial score (nSPS) is 19.6. The van der Waals surface area contributed by atoms with Gasteiger partial charge in [0.25, 0.3) is 0 Å². The zero-order valence-electron chi connectivity index (χ0n) is 12.3. The van der Waals surface area contributed by atoms with E-state index in [0.29, 0.717) is 13.2 Å². The van der Waals surface area contributed by atoms with Gasteiger partial charge in [0.1, 0.15) is 5.82 Å². The highest BCUT2D eigenvalue weighted by atomic mass is 16.5. The van der Waals surface area contributed by atoms with Gasteiger partial charge < -0.3 is 10.1 Å². The van der Waals surface area contributed by atoms with Gasteiger partial charge >= 0.3 is 0 Å². The molecule has 0 aliphatic carbocycles. The standard InChI is InChI=1S/C14H20N6O/c1-10-7-11(3-4-15-10)16-8-13-17-14(19-18-13)12-9-21-6-5-20(12)2/h3-4,7,12H,5-6,8-9H2,1-2H3,(H,15,16)(H,17,18,19). The number of morpholine rings is 1. The Balaban J connectivity index is 1.62. The fourth-order valence-electron chi connectivity index (χ4n) is 2.34. The predicted octanol–water partition coefficient (Wildman–Crippen LogP) is 1.12. The minimum absolute atomic E-state index is 0.131. The molecule has 7 nitrogen and oxygen atoms in total.